The van der Waals surface area contributed by atoms with Crippen molar-refractivity contribution >= 4 is 57.5 Å². The fourth-order valence-corrected chi connectivity index (χ4v) is 3.75. The number of nitrogens with one attached hydrogen (secondary N) is 1. The molecule has 0 bridgehead atoms. The van der Waals surface area contributed by atoms with Gasteiger partial charge in [0.05, 0.1) is 32.8 Å². The normalized spacial score (nSPS) is 10.8. The first-order valence-corrected chi connectivity index (χ1v) is 10.7. The highest BCUT2D eigenvalue weighted by Crippen LogP contribution is 2.35. The fraction of sp³-hybridized carbons (Fsp3) is 0.0952. The minimum Gasteiger partial charge on any atom is -0.493 e. The molecule has 0 unspecified atom stereocenters. The standard InChI is InChI=1S/C21H16ClIN4O6/c1-32-20-9-13(8-17(23)21(20)33-12-14-4-2-3-5-16(14)22)11-24-25-18-7-6-15(26(28)29)10-19(18)27(30)31/h2-11,25H,12H2,1H3/b24-11-. The van der Waals surface area contributed by atoms with Gasteiger partial charge in [0.15, 0.2) is 11.5 Å². The molecular formula is C21H16ClIN4O6. The Hall–Kier alpha value is -3.45. The van der Waals surface area contributed by atoms with E-state index in [1.807, 2.05) is 18.2 Å². The number of halogens is 2. The average Bonchev–Trinajstić information content (AvgIpc) is 2.79. The van der Waals surface area contributed by atoms with Crippen LogP contribution in [0.1, 0.15) is 11.1 Å². The second-order valence-electron chi connectivity index (χ2n) is 6.50. The van der Waals surface area contributed by atoms with Gasteiger partial charge < -0.3 is 9.47 Å². The first kappa shape index (κ1) is 24.2. The summed E-state index contributed by atoms with van der Waals surface area (Å²) in [4.78, 5) is 20.7. The molecule has 0 fully saturated rings. The summed E-state index contributed by atoms with van der Waals surface area (Å²) < 4.78 is 12.1. The number of nitrogens with zero attached hydrogens (tertiary/aromatic N) is 3. The van der Waals surface area contributed by atoms with Crippen molar-refractivity contribution in [2.24, 2.45) is 5.10 Å². The van der Waals surface area contributed by atoms with E-state index in [4.69, 9.17) is 21.1 Å². The molecule has 0 aliphatic carbocycles. The van der Waals surface area contributed by atoms with Crippen molar-refractivity contribution in [1.29, 1.82) is 0 Å². The monoisotopic (exact) mass is 582 g/mol. The minimum atomic E-state index is -0.720. The molecule has 12 heteroatoms. The van der Waals surface area contributed by atoms with Crippen LogP contribution in [0.15, 0.2) is 59.7 Å². The Morgan fingerprint density at radius 3 is 2.55 bits per heavy atom. The molecule has 1 N–H and O–H groups in total. The van der Waals surface area contributed by atoms with Crippen molar-refractivity contribution < 1.29 is 19.3 Å². The van der Waals surface area contributed by atoms with Gasteiger partial charge in [0.2, 0.25) is 0 Å². The Labute approximate surface area is 206 Å². The summed E-state index contributed by atoms with van der Waals surface area (Å²) in [7, 11) is 1.51. The molecule has 0 aromatic heterocycles. The first-order valence-electron chi connectivity index (χ1n) is 9.25. The number of hydrogen-bond acceptors (Lipinski definition) is 8. The molecule has 0 amide bonds. The third-order valence-corrected chi connectivity index (χ3v) is 5.54. The van der Waals surface area contributed by atoms with Crippen LogP contribution in [0.4, 0.5) is 17.1 Å². The van der Waals surface area contributed by atoms with E-state index in [1.54, 1.807) is 18.2 Å². The van der Waals surface area contributed by atoms with Crippen molar-refractivity contribution in [3.05, 3.63) is 94.5 Å². The van der Waals surface area contributed by atoms with E-state index in [1.165, 1.54) is 19.4 Å². The number of hydrazone groups is 1. The predicted octanol–water partition coefficient (Wildman–Crippen LogP) is 5.79. The predicted molar refractivity (Wildman–Crippen MR) is 132 cm³/mol. The van der Waals surface area contributed by atoms with E-state index in [0.29, 0.717) is 22.1 Å². The molecule has 0 saturated heterocycles. The van der Waals surface area contributed by atoms with Gasteiger partial charge in [-0.2, -0.15) is 5.10 Å². The molecule has 3 aromatic rings. The lowest BCUT2D eigenvalue weighted by Gasteiger charge is -2.14. The number of hydrogen-bond donors (Lipinski definition) is 1. The van der Waals surface area contributed by atoms with Crippen LogP contribution in [0, 0.1) is 23.8 Å². The van der Waals surface area contributed by atoms with Crippen LogP contribution in [0.3, 0.4) is 0 Å². The van der Waals surface area contributed by atoms with Crippen LogP contribution in [0.2, 0.25) is 5.02 Å². The van der Waals surface area contributed by atoms with E-state index < -0.39 is 15.5 Å². The van der Waals surface area contributed by atoms with Gasteiger partial charge in [-0.3, -0.25) is 25.7 Å². The van der Waals surface area contributed by atoms with Crippen LogP contribution in [-0.4, -0.2) is 23.2 Å². The summed E-state index contributed by atoms with van der Waals surface area (Å²) in [6.07, 6.45) is 1.44. The highest BCUT2D eigenvalue weighted by Gasteiger charge is 2.19. The average molecular weight is 583 g/mol. The molecule has 0 heterocycles. The largest absolute Gasteiger partial charge is 0.493 e. The second-order valence-corrected chi connectivity index (χ2v) is 8.07. The smallest absolute Gasteiger partial charge is 0.301 e. The number of nitro groups is 2. The van der Waals surface area contributed by atoms with E-state index >= 15 is 0 Å². The fourth-order valence-electron chi connectivity index (χ4n) is 2.78. The number of non-ortho nitro benzene ring substituents is 1. The SMILES string of the molecule is COc1cc(/C=N\Nc2ccc([N+](=O)[O-])cc2[N+](=O)[O-])cc(I)c1OCc1ccccc1Cl. The summed E-state index contributed by atoms with van der Waals surface area (Å²) in [6.45, 7) is 0.255. The third-order valence-electron chi connectivity index (χ3n) is 4.37. The molecule has 0 atom stereocenters. The number of benzene rings is 3. The maximum atomic E-state index is 11.2. The Morgan fingerprint density at radius 1 is 1.12 bits per heavy atom. The molecule has 3 aromatic carbocycles. The molecule has 33 heavy (non-hydrogen) atoms. The van der Waals surface area contributed by atoms with Gasteiger partial charge in [0, 0.05) is 16.7 Å². The van der Waals surface area contributed by atoms with Crippen molar-refractivity contribution in [3.8, 4) is 11.5 Å². The quantitative estimate of drug-likeness (QED) is 0.146. The van der Waals surface area contributed by atoms with Gasteiger partial charge in [-0.1, -0.05) is 29.8 Å². The van der Waals surface area contributed by atoms with Crippen LogP contribution < -0.4 is 14.9 Å². The summed E-state index contributed by atoms with van der Waals surface area (Å²) in [5, 5.41) is 26.7. The lowest BCUT2D eigenvalue weighted by molar-refractivity contribution is -0.393. The zero-order valence-corrected chi connectivity index (χ0v) is 19.9. The van der Waals surface area contributed by atoms with E-state index in [0.717, 1.165) is 21.3 Å². The topological polar surface area (TPSA) is 129 Å². The number of methoxy groups -OCH3 is 1. The first-order chi connectivity index (χ1) is 15.8. The summed E-state index contributed by atoms with van der Waals surface area (Å²) in [5.74, 6) is 1.01. The van der Waals surface area contributed by atoms with Crippen LogP contribution in [0.25, 0.3) is 0 Å². The number of anilines is 1. The molecule has 3 rings (SSSR count). The summed E-state index contributed by atoms with van der Waals surface area (Å²) in [6, 6.07) is 14.1. The van der Waals surface area contributed by atoms with Crippen molar-refractivity contribution in [2.45, 2.75) is 6.61 Å². The van der Waals surface area contributed by atoms with Gasteiger partial charge >= 0.3 is 5.69 Å². The van der Waals surface area contributed by atoms with E-state index in [-0.39, 0.29) is 18.0 Å². The highest BCUT2D eigenvalue weighted by molar-refractivity contribution is 14.1. The minimum absolute atomic E-state index is 0.0169. The lowest BCUT2D eigenvalue weighted by Crippen LogP contribution is -2.02. The van der Waals surface area contributed by atoms with Gasteiger partial charge in [0.1, 0.15) is 12.3 Å². The zero-order valence-electron chi connectivity index (χ0n) is 17.0. The van der Waals surface area contributed by atoms with Crippen LogP contribution in [0.5, 0.6) is 11.5 Å². The number of nitro benzene ring substituents is 2. The molecule has 0 aliphatic rings. The van der Waals surface area contributed by atoms with E-state index in [2.05, 4.69) is 33.1 Å². The van der Waals surface area contributed by atoms with Gasteiger partial charge in [-0.25, -0.2) is 0 Å². The van der Waals surface area contributed by atoms with Crippen molar-refractivity contribution in [2.75, 3.05) is 12.5 Å². The second kappa shape index (κ2) is 10.9. The third kappa shape index (κ3) is 6.08. The molecule has 170 valence electrons. The molecule has 0 aliphatic heterocycles. The van der Waals surface area contributed by atoms with E-state index in [9.17, 15) is 20.2 Å². The number of ether oxygens (including phenoxy) is 2. The number of rotatable bonds is 9. The molecule has 0 radical (unpaired) electrons. The Bertz CT molecular complexity index is 1240. The van der Waals surface area contributed by atoms with Crippen molar-refractivity contribution in [3.63, 3.8) is 0 Å². The zero-order chi connectivity index (χ0) is 24.0. The molecule has 10 nitrogen and oxygen atoms in total. The maximum absolute atomic E-state index is 11.2. The van der Waals surface area contributed by atoms with Gasteiger partial charge in [0.25, 0.3) is 5.69 Å². The van der Waals surface area contributed by atoms with Crippen molar-refractivity contribution in [1.82, 2.24) is 0 Å². The Balaban J connectivity index is 1.78. The van der Waals surface area contributed by atoms with Crippen LogP contribution >= 0.6 is 34.2 Å². The van der Waals surface area contributed by atoms with Crippen LogP contribution in [-0.2, 0) is 6.61 Å². The van der Waals surface area contributed by atoms with Gasteiger partial charge in [-0.15, -0.1) is 0 Å². The van der Waals surface area contributed by atoms with Gasteiger partial charge in [-0.05, 0) is 52.4 Å². The Morgan fingerprint density at radius 2 is 1.88 bits per heavy atom. The highest BCUT2D eigenvalue weighted by atomic mass is 127. The summed E-state index contributed by atoms with van der Waals surface area (Å²) in [5.41, 5.74) is 3.19. The molecular weight excluding hydrogens is 567 g/mol. The Kier molecular flexibility index (Phi) is 8.01. The molecule has 0 saturated carbocycles. The summed E-state index contributed by atoms with van der Waals surface area (Å²) >= 11 is 8.28. The lowest BCUT2D eigenvalue weighted by atomic mass is 10.2. The maximum Gasteiger partial charge on any atom is 0.301 e. The molecule has 0 spiro atoms.